The van der Waals surface area contributed by atoms with E-state index in [9.17, 15) is 0 Å². The van der Waals surface area contributed by atoms with Gasteiger partial charge in [0.1, 0.15) is 0 Å². The Labute approximate surface area is 239 Å². The van der Waals surface area contributed by atoms with E-state index in [0.29, 0.717) is 0 Å². The Morgan fingerprint density at radius 3 is 2.29 bits per heavy atom. The SMILES string of the molecule is CC1(C)c2ccccc2-n2c3ccc(N(c4ccncc4)c4ccc5c6c(cccc46)CC5)cc3c3cccc1c32. The lowest BCUT2D eigenvalue weighted by Crippen LogP contribution is -2.26. The number of aryl methyl sites for hydroxylation is 2. The van der Waals surface area contributed by atoms with Crippen molar-refractivity contribution in [3.05, 3.63) is 138 Å². The average molecular weight is 528 g/mol. The summed E-state index contributed by atoms with van der Waals surface area (Å²) in [6.07, 6.45) is 6.02. The monoisotopic (exact) mass is 527 g/mol. The van der Waals surface area contributed by atoms with Crippen molar-refractivity contribution in [2.45, 2.75) is 32.1 Å². The van der Waals surface area contributed by atoms with Crippen LogP contribution >= 0.6 is 0 Å². The van der Waals surface area contributed by atoms with Crippen molar-refractivity contribution in [3.63, 3.8) is 0 Å². The molecule has 0 spiro atoms. The summed E-state index contributed by atoms with van der Waals surface area (Å²) in [7, 11) is 0. The summed E-state index contributed by atoms with van der Waals surface area (Å²) in [5.74, 6) is 0. The number of hydrogen-bond acceptors (Lipinski definition) is 2. The predicted octanol–water partition coefficient (Wildman–Crippen LogP) is 9.54. The van der Waals surface area contributed by atoms with Crippen molar-refractivity contribution < 1.29 is 0 Å². The minimum Gasteiger partial charge on any atom is -0.310 e. The van der Waals surface area contributed by atoms with Crippen molar-refractivity contribution in [2.75, 3.05) is 4.90 Å². The second kappa shape index (κ2) is 8.08. The molecule has 3 heteroatoms. The Balaban J connectivity index is 1.35. The highest BCUT2D eigenvalue weighted by molar-refractivity contribution is 6.13. The molecule has 0 saturated heterocycles. The van der Waals surface area contributed by atoms with Gasteiger partial charge in [-0.3, -0.25) is 4.98 Å². The van der Waals surface area contributed by atoms with Gasteiger partial charge < -0.3 is 9.47 Å². The van der Waals surface area contributed by atoms with E-state index in [1.54, 1.807) is 0 Å². The Bertz CT molecular complexity index is 2180. The van der Waals surface area contributed by atoms with Crippen LogP contribution in [-0.4, -0.2) is 9.55 Å². The lowest BCUT2D eigenvalue weighted by atomic mass is 9.75. The van der Waals surface area contributed by atoms with Crippen molar-refractivity contribution in [3.8, 4) is 5.69 Å². The van der Waals surface area contributed by atoms with Crippen LogP contribution < -0.4 is 4.90 Å². The van der Waals surface area contributed by atoms with E-state index in [-0.39, 0.29) is 5.41 Å². The van der Waals surface area contributed by atoms with Gasteiger partial charge in [-0.15, -0.1) is 0 Å². The van der Waals surface area contributed by atoms with Gasteiger partial charge in [-0.2, -0.15) is 0 Å². The number of para-hydroxylation sites is 2. The molecule has 0 unspecified atom stereocenters. The first-order valence-electron chi connectivity index (χ1n) is 14.5. The van der Waals surface area contributed by atoms with Crippen molar-refractivity contribution in [2.24, 2.45) is 0 Å². The average Bonchev–Trinajstić information content (AvgIpc) is 3.58. The maximum absolute atomic E-state index is 4.34. The lowest BCUT2D eigenvalue weighted by molar-refractivity contribution is 0.630. The van der Waals surface area contributed by atoms with Gasteiger partial charge in [0, 0.05) is 45.3 Å². The zero-order valence-electron chi connectivity index (χ0n) is 23.2. The highest BCUT2D eigenvalue weighted by Gasteiger charge is 2.35. The van der Waals surface area contributed by atoms with E-state index in [1.807, 2.05) is 12.4 Å². The predicted molar refractivity (Wildman–Crippen MR) is 170 cm³/mol. The van der Waals surface area contributed by atoms with Gasteiger partial charge in [-0.25, -0.2) is 0 Å². The van der Waals surface area contributed by atoms with Crippen LogP contribution in [-0.2, 0) is 18.3 Å². The summed E-state index contributed by atoms with van der Waals surface area (Å²) in [6, 6.07) is 38.4. The summed E-state index contributed by atoms with van der Waals surface area (Å²) in [6.45, 7) is 4.71. The molecule has 2 aliphatic rings. The number of pyridine rings is 1. The van der Waals surface area contributed by atoms with E-state index < -0.39 is 0 Å². The zero-order chi connectivity index (χ0) is 27.3. The molecule has 2 aromatic heterocycles. The largest absolute Gasteiger partial charge is 0.310 e. The Morgan fingerprint density at radius 1 is 0.659 bits per heavy atom. The summed E-state index contributed by atoms with van der Waals surface area (Å²) < 4.78 is 2.49. The molecule has 41 heavy (non-hydrogen) atoms. The van der Waals surface area contributed by atoms with Crippen LogP contribution in [0, 0.1) is 0 Å². The third kappa shape index (κ3) is 3.01. The molecule has 7 aromatic rings. The Kier molecular flexibility index (Phi) is 4.51. The molecule has 1 aliphatic carbocycles. The van der Waals surface area contributed by atoms with Crippen molar-refractivity contribution >= 4 is 49.6 Å². The molecule has 1 aliphatic heterocycles. The van der Waals surface area contributed by atoms with Gasteiger partial charge in [0.2, 0.25) is 0 Å². The second-order valence-electron chi connectivity index (χ2n) is 12.0. The maximum atomic E-state index is 4.34. The van der Waals surface area contributed by atoms with E-state index in [0.717, 1.165) is 24.2 Å². The molecule has 0 fully saturated rings. The second-order valence-corrected chi connectivity index (χ2v) is 12.0. The number of rotatable bonds is 3. The topological polar surface area (TPSA) is 21.1 Å². The van der Waals surface area contributed by atoms with Gasteiger partial charge in [0.05, 0.1) is 22.4 Å². The standard InChI is InChI=1S/C38H29N3/c1-38(2)31-10-3-4-12-35(31)41-34-18-16-27(23-30(34)28-8-6-11-32(38)37(28)41)40(26-19-21-39-22-20-26)33-17-15-25-14-13-24-7-5-9-29(33)36(24)25/h3-12,15-23H,13-14H2,1-2H3. The van der Waals surface area contributed by atoms with Gasteiger partial charge in [0.15, 0.2) is 0 Å². The van der Waals surface area contributed by atoms with Gasteiger partial charge in [0.25, 0.3) is 0 Å². The molecule has 0 radical (unpaired) electrons. The summed E-state index contributed by atoms with van der Waals surface area (Å²) >= 11 is 0. The number of nitrogens with zero attached hydrogens (tertiary/aromatic N) is 3. The molecule has 0 saturated carbocycles. The van der Waals surface area contributed by atoms with Crippen molar-refractivity contribution in [1.82, 2.24) is 9.55 Å². The normalized spacial score (nSPS) is 14.6. The summed E-state index contributed by atoms with van der Waals surface area (Å²) in [5, 5.41) is 5.32. The maximum Gasteiger partial charge on any atom is 0.0582 e. The van der Waals surface area contributed by atoms with E-state index in [1.165, 1.54) is 66.2 Å². The fourth-order valence-corrected chi connectivity index (χ4v) is 7.64. The number of hydrogen-bond donors (Lipinski definition) is 0. The molecule has 3 heterocycles. The third-order valence-electron chi connectivity index (χ3n) is 9.54. The third-order valence-corrected chi connectivity index (χ3v) is 9.54. The minimum absolute atomic E-state index is 0.0724. The number of benzene rings is 5. The fraction of sp³-hybridized carbons (Fsp3) is 0.132. The summed E-state index contributed by atoms with van der Waals surface area (Å²) in [4.78, 5) is 6.75. The smallest absolute Gasteiger partial charge is 0.0582 e. The Hall–Kier alpha value is -4.89. The lowest BCUT2D eigenvalue weighted by Gasteiger charge is -2.34. The highest BCUT2D eigenvalue weighted by atomic mass is 15.1. The molecular weight excluding hydrogens is 498 g/mol. The molecule has 5 aromatic carbocycles. The van der Waals surface area contributed by atoms with Gasteiger partial charge in [-0.05, 0) is 82.9 Å². The van der Waals surface area contributed by atoms with Crippen LogP contribution in [0.5, 0.6) is 0 Å². The summed E-state index contributed by atoms with van der Waals surface area (Å²) in [5.41, 5.74) is 12.9. The molecule has 0 atom stereocenters. The van der Waals surface area contributed by atoms with Crippen LogP contribution in [0.1, 0.15) is 36.1 Å². The first-order valence-corrected chi connectivity index (χ1v) is 14.5. The van der Waals surface area contributed by atoms with Gasteiger partial charge >= 0.3 is 0 Å². The fourth-order valence-electron chi connectivity index (χ4n) is 7.64. The van der Waals surface area contributed by atoms with E-state index in [4.69, 9.17) is 0 Å². The molecule has 196 valence electrons. The first kappa shape index (κ1) is 22.9. The van der Waals surface area contributed by atoms with E-state index in [2.05, 4.69) is 131 Å². The number of anilines is 3. The molecular formula is C38H29N3. The zero-order valence-corrected chi connectivity index (χ0v) is 23.2. The van der Waals surface area contributed by atoms with Gasteiger partial charge in [-0.1, -0.05) is 74.5 Å². The van der Waals surface area contributed by atoms with Crippen LogP contribution in [0.25, 0.3) is 38.3 Å². The molecule has 0 N–H and O–H groups in total. The number of fused-ring (bicyclic) bond motifs is 5. The minimum atomic E-state index is -0.0724. The quantitative estimate of drug-likeness (QED) is 0.228. The Morgan fingerprint density at radius 2 is 1.41 bits per heavy atom. The number of aromatic nitrogens is 2. The molecule has 3 nitrogen and oxygen atoms in total. The first-order chi connectivity index (χ1) is 20.1. The van der Waals surface area contributed by atoms with Crippen LogP contribution in [0.4, 0.5) is 17.1 Å². The van der Waals surface area contributed by atoms with Crippen LogP contribution in [0.15, 0.2) is 116 Å². The molecule has 0 bridgehead atoms. The highest BCUT2D eigenvalue weighted by Crippen LogP contribution is 2.49. The van der Waals surface area contributed by atoms with E-state index >= 15 is 0 Å². The molecule has 0 amide bonds. The van der Waals surface area contributed by atoms with Crippen LogP contribution in [0.3, 0.4) is 0 Å². The van der Waals surface area contributed by atoms with Crippen molar-refractivity contribution in [1.29, 1.82) is 0 Å². The van der Waals surface area contributed by atoms with Crippen LogP contribution in [0.2, 0.25) is 0 Å². The molecule has 9 rings (SSSR count).